The van der Waals surface area contributed by atoms with Crippen molar-refractivity contribution in [1.29, 1.82) is 0 Å². The standard InChI is InChI=1S/C15H12ClNO2/c16-13-5-2-8-17-14(13)15(18)10-3-1-4-12(9-10)19-11-6-7-11/h1-5,8-9,11H,6-7H2. The van der Waals surface area contributed by atoms with E-state index in [1.165, 1.54) is 0 Å². The van der Waals surface area contributed by atoms with E-state index in [1.807, 2.05) is 12.1 Å². The van der Waals surface area contributed by atoms with Crippen LogP contribution < -0.4 is 4.74 Å². The molecule has 0 atom stereocenters. The first-order valence-corrected chi connectivity index (χ1v) is 6.54. The highest BCUT2D eigenvalue weighted by molar-refractivity contribution is 6.34. The lowest BCUT2D eigenvalue weighted by Crippen LogP contribution is -2.05. The third kappa shape index (κ3) is 2.76. The molecule has 1 heterocycles. The highest BCUT2D eigenvalue weighted by Gasteiger charge is 2.24. The van der Waals surface area contributed by atoms with Gasteiger partial charge in [0.25, 0.3) is 0 Å². The van der Waals surface area contributed by atoms with Crippen LogP contribution >= 0.6 is 11.6 Å². The van der Waals surface area contributed by atoms with Gasteiger partial charge in [0.2, 0.25) is 5.78 Å². The molecule has 3 nitrogen and oxygen atoms in total. The predicted molar refractivity (Wildman–Crippen MR) is 72.8 cm³/mol. The van der Waals surface area contributed by atoms with E-state index in [-0.39, 0.29) is 11.5 Å². The number of ketones is 1. The molecule has 0 N–H and O–H groups in total. The first-order chi connectivity index (χ1) is 9.24. The minimum Gasteiger partial charge on any atom is -0.490 e. The van der Waals surface area contributed by atoms with Gasteiger partial charge in [0, 0.05) is 11.8 Å². The Hall–Kier alpha value is -1.87. The van der Waals surface area contributed by atoms with Crippen LogP contribution in [0.25, 0.3) is 0 Å². The number of carbonyl (C=O) groups is 1. The Morgan fingerprint density at radius 1 is 1.26 bits per heavy atom. The number of hydrogen-bond acceptors (Lipinski definition) is 3. The summed E-state index contributed by atoms with van der Waals surface area (Å²) in [6.45, 7) is 0. The number of benzene rings is 1. The maximum atomic E-state index is 12.3. The van der Waals surface area contributed by atoms with Gasteiger partial charge in [0.15, 0.2) is 0 Å². The van der Waals surface area contributed by atoms with Crippen molar-refractivity contribution >= 4 is 17.4 Å². The second-order valence-electron chi connectivity index (χ2n) is 4.51. The molecule has 2 aromatic rings. The van der Waals surface area contributed by atoms with Crippen molar-refractivity contribution in [3.05, 3.63) is 58.9 Å². The molecule has 0 bridgehead atoms. The van der Waals surface area contributed by atoms with Crippen LogP contribution in [0.4, 0.5) is 0 Å². The van der Waals surface area contributed by atoms with Crippen LogP contribution in [0.3, 0.4) is 0 Å². The van der Waals surface area contributed by atoms with Crippen molar-refractivity contribution in [2.75, 3.05) is 0 Å². The van der Waals surface area contributed by atoms with Gasteiger partial charge in [-0.05, 0) is 37.1 Å². The Labute approximate surface area is 116 Å². The first kappa shape index (κ1) is 12.2. The summed E-state index contributed by atoms with van der Waals surface area (Å²) in [7, 11) is 0. The van der Waals surface area contributed by atoms with Crippen molar-refractivity contribution in [1.82, 2.24) is 4.98 Å². The smallest absolute Gasteiger partial charge is 0.213 e. The summed E-state index contributed by atoms with van der Waals surface area (Å²) >= 11 is 5.99. The summed E-state index contributed by atoms with van der Waals surface area (Å²) in [5.41, 5.74) is 0.812. The number of aromatic nitrogens is 1. The molecule has 1 aliphatic carbocycles. The lowest BCUT2D eigenvalue weighted by atomic mass is 10.1. The minimum atomic E-state index is -0.188. The van der Waals surface area contributed by atoms with E-state index in [4.69, 9.17) is 16.3 Å². The quantitative estimate of drug-likeness (QED) is 0.800. The van der Waals surface area contributed by atoms with Crippen LogP contribution in [0.15, 0.2) is 42.6 Å². The SMILES string of the molecule is O=C(c1cccc(OC2CC2)c1)c1ncccc1Cl. The molecule has 3 rings (SSSR count). The number of nitrogens with zero attached hydrogens (tertiary/aromatic N) is 1. The van der Waals surface area contributed by atoms with Gasteiger partial charge in [-0.1, -0.05) is 23.7 Å². The van der Waals surface area contributed by atoms with Crippen LogP contribution in [0.2, 0.25) is 5.02 Å². The topological polar surface area (TPSA) is 39.2 Å². The van der Waals surface area contributed by atoms with E-state index in [9.17, 15) is 4.79 Å². The zero-order chi connectivity index (χ0) is 13.2. The Morgan fingerprint density at radius 2 is 2.11 bits per heavy atom. The molecule has 0 aliphatic heterocycles. The van der Waals surface area contributed by atoms with Gasteiger partial charge < -0.3 is 4.74 Å². The normalized spacial score (nSPS) is 14.2. The van der Waals surface area contributed by atoms with Gasteiger partial charge in [0.1, 0.15) is 11.4 Å². The third-order valence-electron chi connectivity index (χ3n) is 2.90. The molecule has 1 saturated carbocycles. The summed E-state index contributed by atoms with van der Waals surface area (Å²) in [6, 6.07) is 10.5. The summed E-state index contributed by atoms with van der Waals surface area (Å²) < 4.78 is 5.68. The fourth-order valence-electron chi connectivity index (χ4n) is 1.78. The van der Waals surface area contributed by atoms with Crippen LogP contribution in [0.5, 0.6) is 5.75 Å². The second kappa shape index (κ2) is 5.02. The van der Waals surface area contributed by atoms with Crippen molar-refractivity contribution in [2.45, 2.75) is 18.9 Å². The Bertz CT molecular complexity index is 623. The molecule has 1 fully saturated rings. The zero-order valence-electron chi connectivity index (χ0n) is 10.2. The van der Waals surface area contributed by atoms with Crippen molar-refractivity contribution < 1.29 is 9.53 Å². The summed E-state index contributed by atoms with van der Waals surface area (Å²) in [5.74, 6) is 0.534. The molecule has 1 aromatic heterocycles. The van der Waals surface area contributed by atoms with Gasteiger partial charge in [-0.15, -0.1) is 0 Å². The number of ether oxygens (including phenoxy) is 1. The maximum Gasteiger partial charge on any atom is 0.213 e. The van der Waals surface area contributed by atoms with Crippen molar-refractivity contribution in [2.24, 2.45) is 0 Å². The predicted octanol–water partition coefficient (Wildman–Crippen LogP) is 3.51. The summed E-state index contributed by atoms with van der Waals surface area (Å²) in [5, 5.41) is 0.362. The van der Waals surface area contributed by atoms with Crippen LogP contribution in [0.1, 0.15) is 28.9 Å². The molecule has 0 radical (unpaired) electrons. The molecule has 19 heavy (non-hydrogen) atoms. The maximum absolute atomic E-state index is 12.3. The lowest BCUT2D eigenvalue weighted by molar-refractivity contribution is 0.103. The van der Waals surface area contributed by atoms with Gasteiger partial charge in [-0.25, -0.2) is 0 Å². The van der Waals surface area contributed by atoms with E-state index >= 15 is 0 Å². The lowest BCUT2D eigenvalue weighted by Gasteiger charge is -2.06. The minimum absolute atomic E-state index is 0.188. The van der Waals surface area contributed by atoms with Gasteiger partial charge in [0.05, 0.1) is 11.1 Å². The van der Waals surface area contributed by atoms with Crippen LogP contribution in [-0.2, 0) is 0 Å². The molecule has 4 heteroatoms. The number of carbonyl (C=O) groups excluding carboxylic acids is 1. The number of hydrogen-bond donors (Lipinski definition) is 0. The molecular weight excluding hydrogens is 262 g/mol. The van der Waals surface area contributed by atoms with Crippen LogP contribution in [-0.4, -0.2) is 16.9 Å². The number of halogens is 1. The van der Waals surface area contributed by atoms with E-state index < -0.39 is 0 Å². The molecule has 0 amide bonds. The molecule has 96 valence electrons. The van der Waals surface area contributed by atoms with Crippen molar-refractivity contribution in [3.63, 3.8) is 0 Å². The van der Waals surface area contributed by atoms with Crippen LogP contribution in [0, 0.1) is 0 Å². The highest BCUT2D eigenvalue weighted by atomic mass is 35.5. The van der Waals surface area contributed by atoms with Gasteiger partial charge in [-0.3, -0.25) is 9.78 Å². The van der Waals surface area contributed by atoms with E-state index in [0.717, 1.165) is 18.6 Å². The average Bonchev–Trinajstić information content (AvgIpc) is 3.23. The Kier molecular flexibility index (Phi) is 3.22. The first-order valence-electron chi connectivity index (χ1n) is 6.16. The highest BCUT2D eigenvalue weighted by Crippen LogP contribution is 2.27. The summed E-state index contributed by atoms with van der Waals surface area (Å²) in [6.07, 6.45) is 4.04. The molecule has 0 saturated heterocycles. The number of pyridine rings is 1. The number of rotatable bonds is 4. The van der Waals surface area contributed by atoms with E-state index in [0.29, 0.717) is 16.7 Å². The Morgan fingerprint density at radius 3 is 2.84 bits per heavy atom. The third-order valence-corrected chi connectivity index (χ3v) is 3.20. The zero-order valence-corrected chi connectivity index (χ0v) is 10.9. The van der Waals surface area contributed by atoms with Gasteiger partial charge in [-0.2, -0.15) is 0 Å². The fourth-order valence-corrected chi connectivity index (χ4v) is 1.99. The van der Waals surface area contributed by atoms with E-state index in [2.05, 4.69) is 4.98 Å². The second-order valence-corrected chi connectivity index (χ2v) is 4.92. The average molecular weight is 274 g/mol. The molecule has 0 unspecified atom stereocenters. The molecule has 1 aliphatic rings. The van der Waals surface area contributed by atoms with E-state index in [1.54, 1.807) is 30.5 Å². The molecular formula is C15H12ClNO2. The molecule has 0 spiro atoms. The Balaban J connectivity index is 1.88. The monoisotopic (exact) mass is 273 g/mol. The molecule has 1 aromatic carbocycles. The largest absolute Gasteiger partial charge is 0.490 e. The van der Waals surface area contributed by atoms with Gasteiger partial charge >= 0.3 is 0 Å². The fraction of sp³-hybridized carbons (Fsp3) is 0.200. The van der Waals surface area contributed by atoms with Crippen molar-refractivity contribution in [3.8, 4) is 5.75 Å². The summed E-state index contributed by atoms with van der Waals surface area (Å²) in [4.78, 5) is 16.4.